The number of ether oxygens (including phenoxy) is 2. The number of rotatable bonds is 3. The Morgan fingerprint density at radius 1 is 1.40 bits per heavy atom. The summed E-state index contributed by atoms with van der Waals surface area (Å²) in [5.41, 5.74) is 0. The van der Waals surface area contributed by atoms with Crippen LogP contribution >= 0.6 is 0 Å². The van der Waals surface area contributed by atoms with E-state index >= 15 is 0 Å². The van der Waals surface area contributed by atoms with Crippen LogP contribution in [0.15, 0.2) is 12.4 Å². The molecule has 15 heavy (non-hydrogen) atoms. The molecule has 1 saturated carbocycles. The fourth-order valence-electron chi connectivity index (χ4n) is 2.08. The van der Waals surface area contributed by atoms with Gasteiger partial charge in [-0.25, -0.2) is 0 Å². The number of methoxy groups -OCH3 is 1. The lowest BCUT2D eigenvalue weighted by molar-refractivity contribution is 0.0209. The van der Waals surface area contributed by atoms with E-state index in [2.05, 4.69) is 5.10 Å². The lowest BCUT2D eigenvalue weighted by atomic mass is 9.95. The van der Waals surface area contributed by atoms with E-state index in [1.807, 2.05) is 13.2 Å². The molecule has 2 unspecified atom stereocenters. The summed E-state index contributed by atoms with van der Waals surface area (Å²) < 4.78 is 13.0. The largest absolute Gasteiger partial charge is 0.487 e. The lowest BCUT2D eigenvalue weighted by Crippen LogP contribution is -2.29. The summed E-state index contributed by atoms with van der Waals surface area (Å²) in [6, 6.07) is 0. The first-order valence-corrected chi connectivity index (χ1v) is 5.46. The molecule has 0 aliphatic heterocycles. The molecule has 0 bridgehead atoms. The number of hydrogen-bond donors (Lipinski definition) is 0. The molecule has 4 nitrogen and oxygen atoms in total. The third-order valence-corrected chi connectivity index (χ3v) is 2.90. The maximum Gasteiger partial charge on any atom is 0.157 e. The predicted octanol–water partition coefficient (Wildman–Crippen LogP) is 1.76. The molecule has 0 spiro atoms. The van der Waals surface area contributed by atoms with E-state index in [1.165, 1.54) is 6.42 Å². The zero-order valence-electron chi connectivity index (χ0n) is 9.35. The molecule has 1 aliphatic rings. The summed E-state index contributed by atoms with van der Waals surface area (Å²) in [6.45, 7) is 0. The van der Waals surface area contributed by atoms with Gasteiger partial charge >= 0.3 is 0 Å². The Balaban J connectivity index is 1.88. The summed E-state index contributed by atoms with van der Waals surface area (Å²) in [7, 11) is 3.67. The first kappa shape index (κ1) is 10.5. The molecule has 84 valence electrons. The van der Waals surface area contributed by atoms with Crippen molar-refractivity contribution < 1.29 is 9.47 Å². The second kappa shape index (κ2) is 4.66. The van der Waals surface area contributed by atoms with Crippen LogP contribution in [-0.2, 0) is 11.8 Å². The first-order chi connectivity index (χ1) is 7.28. The van der Waals surface area contributed by atoms with Gasteiger partial charge in [-0.15, -0.1) is 0 Å². The molecule has 0 N–H and O–H groups in total. The zero-order chi connectivity index (χ0) is 10.7. The SMILES string of the molecule is COC1CCCC(Oc2cnn(C)c2)C1. The summed E-state index contributed by atoms with van der Waals surface area (Å²) in [4.78, 5) is 0. The van der Waals surface area contributed by atoms with Gasteiger partial charge in [-0.05, 0) is 19.3 Å². The monoisotopic (exact) mass is 210 g/mol. The maximum absolute atomic E-state index is 5.84. The Morgan fingerprint density at radius 3 is 2.87 bits per heavy atom. The summed E-state index contributed by atoms with van der Waals surface area (Å²) in [6.07, 6.45) is 8.76. The number of nitrogens with zero attached hydrogens (tertiary/aromatic N) is 2. The van der Waals surface area contributed by atoms with E-state index in [0.29, 0.717) is 6.10 Å². The third kappa shape index (κ3) is 2.72. The van der Waals surface area contributed by atoms with Gasteiger partial charge in [0, 0.05) is 20.6 Å². The minimum Gasteiger partial charge on any atom is -0.487 e. The van der Waals surface area contributed by atoms with Crippen LogP contribution in [0.25, 0.3) is 0 Å². The Morgan fingerprint density at radius 2 is 2.20 bits per heavy atom. The standard InChI is InChI=1S/C11H18N2O2/c1-13-8-11(7-12-13)15-10-5-3-4-9(6-10)14-2/h7-10H,3-6H2,1-2H3. The Kier molecular flexibility index (Phi) is 3.26. The van der Waals surface area contributed by atoms with Crippen LogP contribution in [-0.4, -0.2) is 29.1 Å². The van der Waals surface area contributed by atoms with Gasteiger partial charge in [0.2, 0.25) is 0 Å². The van der Waals surface area contributed by atoms with E-state index in [9.17, 15) is 0 Å². The van der Waals surface area contributed by atoms with E-state index in [1.54, 1.807) is 18.0 Å². The molecule has 0 aromatic carbocycles. The van der Waals surface area contributed by atoms with Crippen LogP contribution in [0.1, 0.15) is 25.7 Å². The maximum atomic E-state index is 5.84. The molecule has 1 aromatic rings. The van der Waals surface area contributed by atoms with Gasteiger partial charge in [-0.3, -0.25) is 4.68 Å². The highest BCUT2D eigenvalue weighted by molar-refractivity contribution is 5.12. The molecule has 2 rings (SSSR count). The molecule has 2 atom stereocenters. The predicted molar refractivity (Wildman–Crippen MR) is 56.9 cm³/mol. The first-order valence-electron chi connectivity index (χ1n) is 5.46. The van der Waals surface area contributed by atoms with Crippen LogP contribution < -0.4 is 4.74 Å². The van der Waals surface area contributed by atoms with Crippen LogP contribution in [0.4, 0.5) is 0 Å². The van der Waals surface area contributed by atoms with Crippen molar-refractivity contribution in [2.24, 2.45) is 7.05 Å². The van der Waals surface area contributed by atoms with Crippen molar-refractivity contribution >= 4 is 0 Å². The van der Waals surface area contributed by atoms with Crippen molar-refractivity contribution in [1.82, 2.24) is 9.78 Å². The molecule has 1 fully saturated rings. The van der Waals surface area contributed by atoms with Crippen LogP contribution in [0.2, 0.25) is 0 Å². The van der Waals surface area contributed by atoms with Crippen molar-refractivity contribution in [3.63, 3.8) is 0 Å². The van der Waals surface area contributed by atoms with Crippen molar-refractivity contribution in [1.29, 1.82) is 0 Å². The van der Waals surface area contributed by atoms with Crippen LogP contribution in [0, 0.1) is 0 Å². The quantitative estimate of drug-likeness (QED) is 0.762. The van der Waals surface area contributed by atoms with Crippen molar-refractivity contribution in [2.45, 2.75) is 37.9 Å². The van der Waals surface area contributed by atoms with Gasteiger partial charge in [0.25, 0.3) is 0 Å². The Hall–Kier alpha value is -1.03. The molecule has 0 amide bonds. The second-order valence-corrected chi connectivity index (χ2v) is 4.11. The van der Waals surface area contributed by atoms with Gasteiger partial charge in [0.1, 0.15) is 6.10 Å². The van der Waals surface area contributed by atoms with E-state index in [0.717, 1.165) is 25.0 Å². The van der Waals surface area contributed by atoms with Crippen molar-refractivity contribution in [3.8, 4) is 5.75 Å². The van der Waals surface area contributed by atoms with Gasteiger partial charge in [0.05, 0.1) is 18.5 Å². The highest BCUT2D eigenvalue weighted by Crippen LogP contribution is 2.24. The van der Waals surface area contributed by atoms with E-state index in [4.69, 9.17) is 9.47 Å². The minimum atomic E-state index is 0.285. The number of aryl methyl sites for hydroxylation is 1. The highest BCUT2D eigenvalue weighted by atomic mass is 16.5. The highest BCUT2D eigenvalue weighted by Gasteiger charge is 2.23. The summed E-state index contributed by atoms with van der Waals surface area (Å²) >= 11 is 0. The van der Waals surface area contributed by atoms with E-state index in [-0.39, 0.29) is 6.10 Å². The average Bonchev–Trinajstić information content (AvgIpc) is 2.64. The molecule has 0 saturated heterocycles. The fourth-order valence-corrected chi connectivity index (χ4v) is 2.08. The lowest BCUT2D eigenvalue weighted by Gasteiger charge is -2.28. The van der Waals surface area contributed by atoms with Gasteiger partial charge in [-0.2, -0.15) is 5.10 Å². The van der Waals surface area contributed by atoms with Gasteiger partial charge in [0.15, 0.2) is 5.75 Å². The van der Waals surface area contributed by atoms with Gasteiger partial charge < -0.3 is 9.47 Å². The molecular formula is C11H18N2O2. The summed E-state index contributed by atoms with van der Waals surface area (Å²) in [5.74, 6) is 0.860. The smallest absolute Gasteiger partial charge is 0.157 e. The second-order valence-electron chi connectivity index (χ2n) is 4.11. The normalized spacial score (nSPS) is 26.5. The van der Waals surface area contributed by atoms with Gasteiger partial charge in [-0.1, -0.05) is 0 Å². The Labute approximate surface area is 90.2 Å². The topological polar surface area (TPSA) is 36.3 Å². The zero-order valence-corrected chi connectivity index (χ0v) is 9.35. The number of hydrogen-bond acceptors (Lipinski definition) is 3. The van der Waals surface area contributed by atoms with Crippen LogP contribution in [0.5, 0.6) is 5.75 Å². The minimum absolute atomic E-state index is 0.285. The van der Waals surface area contributed by atoms with Crippen molar-refractivity contribution in [2.75, 3.05) is 7.11 Å². The molecule has 0 radical (unpaired) electrons. The van der Waals surface area contributed by atoms with Crippen molar-refractivity contribution in [3.05, 3.63) is 12.4 Å². The van der Waals surface area contributed by atoms with E-state index < -0.39 is 0 Å². The van der Waals surface area contributed by atoms with Crippen LogP contribution in [0.3, 0.4) is 0 Å². The third-order valence-electron chi connectivity index (χ3n) is 2.90. The Bertz CT molecular complexity index is 311. The number of aromatic nitrogens is 2. The summed E-state index contributed by atoms with van der Waals surface area (Å²) in [5, 5.41) is 4.08. The molecule has 1 aliphatic carbocycles. The molecule has 1 aromatic heterocycles. The molecule has 4 heteroatoms. The molecular weight excluding hydrogens is 192 g/mol. The fraction of sp³-hybridized carbons (Fsp3) is 0.727. The average molecular weight is 210 g/mol. The molecule has 1 heterocycles.